The summed E-state index contributed by atoms with van der Waals surface area (Å²) >= 11 is 0. The van der Waals surface area contributed by atoms with Gasteiger partial charge in [0, 0.05) is 11.3 Å². The summed E-state index contributed by atoms with van der Waals surface area (Å²) in [6.07, 6.45) is 7.26. The van der Waals surface area contributed by atoms with E-state index in [1.54, 1.807) is 0 Å². The monoisotopic (exact) mass is 234 g/mol. The standard InChI is InChI=1S/C16H26O/c1-5-8-16-10-12(16)15(4)11(13(16)17)7-6-9-14(15,2)3/h11-12H,5-10H2,1-4H3/t11-,12+,15+,16?/m0/s1. The second-order valence-electron chi connectivity index (χ2n) is 7.64. The van der Waals surface area contributed by atoms with Crippen molar-refractivity contribution in [1.82, 2.24) is 0 Å². The van der Waals surface area contributed by atoms with Gasteiger partial charge in [-0.15, -0.1) is 0 Å². The van der Waals surface area contributed by atoms with E-state index in [9.17, 15) is 4.79 Å². The van der Waals surface area contributed by atoms with Crippen molar-refractivity contribution in [2.45, 2.75) is 66.2 Å². The van der Waals surface area contributed by atoms with Gasteiger partial charge in [-0.25, -0.2) is 0 Å². The van der Waals surface area contributed by atoms with E-state index in [-0.39, 0.29) is 5.41 Å². The number of ketones is 1. The Bertz CT molecular complexity index is 370. The van der Waals surface area contributed by atoms with Crippen LogP contribution in [0.15, 0.2) is 0 Å². The minimum Gasteiger partial charge on any atom is -0.299 e. The van der Waals surface area contributed by atoms with Crippen LogP contribution in [0.3, 0.4) is 0 Å². The molecule has 0 aromatic carbocycles. The molecule has 3 aliphatic carbocycles. The first-order valence-corrected chi connectivity index (χ1v) is 7.44. The lowest BCUT2D eigenvalue weighted by Crippen LogP contribution is -2.46. The molecule has 96 valence electrons. The molecule has 1 nitrogen and oxygen atoms in total. The summed E-state index contributed by atoms with van der Waals surface area (Å²) in [6, 6.07) is 0. The summed E-state index contributed by atoms with van der Waals surface area (Å²) in [5.41, 5.74) is 0.801. The van der Waals surface area contributed by atoms with Crippen molar-refractivity contribution in [3.05, 3.63) is 0 Å². The maximum atomic E-state index is 12.8. The Morgan fingerprint density at radius 1 is 1.29 bits per heavy atom. The highest BCUT2D eigenvalue weighted by molar-refractivity contribution is 5.94. The summed E-state index contributed by atoms with van der Waals surface area (Å²) in [5.74, 6) is 1.75. The van der Waals surface area contributed by atoms with Gasteiger partial charge in [0.1, 0.15) is 5.78 Å². The molecule has 0 radical (unpaired) electrons. The lowest BCUT2D eigenvalue weighted by atomic mass is 9.53. The summed E-state index contributed by atoms with van der Waals surface area (Å²) < 4.78 is 0. The Hall–Kier alpha value is -0.330. The third-order valence-corrected chi connectivity index (χ3v) is 6.78. The zero-order chi connectivity index (χ0) is 12.5. The maximum Gasteiger partial charge on any atom is 0.142 e. The van der Waals surface area contributed by atoms with Gasteiger partial charge in [-0.3, -0.25) is 4.79 Å². The lowest BCUT2D eigenvalue weighted by molar-refractivity contribution is -0.132. The van der Waals surface area contributed by atoms with Crippen molar-refractivity contribution < 1.29 is 4.79 Å². The Morgan fingerprint density at radius 3 is 2.59 bits per heavy atom. The first-order valence-electron chi connectivity index (χ1n) is 7.44. The second kappa shape index (κ2) is 3.16. The Kier molecular flexibility index (Phi) is 2.18. The number of rotatable bonds is 2. The summed E-state index contributed by atoms with van der Waals surface area (Å²) in [6.45, 7) is 9.48. The predicted molar refractivity (Wildman–Crippen MR) is 69.7 cm³/mol. The van der Waals surface area contributed by atoms with Crippen molar-refractivity contribution in [2.75, 3.05) is 0 Å². The van der Waals surface area contributed by atoms with Crippen molar-refractivity contribution in [1.29, 1.82) is 0 Å². The van der Waals surface area contributed by atoms with E-state index in [2.05, 4.69) is 27.7 Å². The third-order valence-electron chi connectivity index (χ3n) is 6.78. The molecule has 0 spiro atoms. The molecule has 3 aliphatic rings. The largest absolute Gasteiger partial charge is 0.299 e. The van der Waals surface area contributed by atoms with E-state index in [4.69, 9.17) is 0 Å². The highest BCUT2D eigenvalue weighted by Gasteiger charge is 2.77. The van der Waals surface area contributed by atoms with Crippen molar-refractivity contribution >= 4 is 5.78 Å². The topological polar surface area (TPSA) is 17.1 Å². The maximum absolute atomic E-state index is 12.8. The van der Waals surface area contributed by atoms with Gasteiger partial charge in [0.2, 0.25) is 0 Å². The highest BCUT2D eigenvalue weighted by Crippen LogP contribution is 2.79. The molecule has 17 heavy (non-hydrogen) atoms. The van der Waals surface area contributed by atoms with E-state index in [0.717, 1.165) is 6.42 Å². The van der Waals surface area contributed by atoms with Gasteiger partial charge in [0.15, 0.2) is 0 Å². The number of hydrogen-bond donors (Lipinski definition) is 0. The SMILES string of the molecule is CCCC12C[C@@H]1[C@@]1(C)[C@@H](CCCC1(C)C)C2=O. The average Bonchev–Trinajstić information content (AvgIpc) is 2.93. The molecule has 0 aliphatic heterocycles. The molecule has 0 N–H and O–H groups in total. The molecule has 4 atom stereocenters. The molecular weight excluding hydrogens is 208 g/mol. The molecule has 0 saturated heterocycles. The fourth-order valence-corrected chi connectivity index (χ4v) is 5.46. The highest BCUT2D eigenvalue weighted by atomic mass is 16.1. The molecular formula is C16H26O. The molecule has 0 aromatic rings. The molecule has 3 fully saturated rings. The Morgan fingerprint density at radius 2 is 2.00 bits per heavy atom. The van der Waals surface area contributed by atoms with Crippen molar-refractivity contribution in [2.24, 2.45) is 28.1 Å². The minimum atomic E-state index is 0.135. The van der Waals surface area contributed by atoms with E-state index in [1.807, 2.05) is 0 Å². The Labute approximate surface area is 105 Å². The molecule has 1 unspecified atom stereocenters. The Balaban J connectivity index is 2.02. The summed E-state index contributed by atoms with van der Waals surface area (Å²) in [5, 5.41) is 0. The minimum absolute atomic E-state index is 0.135. The van der Waals surface area contributed by atoms with Crippen LogP contribution in [0.2, 0.25) is 0 Å². The molecule has 3 saturated carbocycles. The van der Waals surface area contributed by atoms with Crippen molar-refractivity contribution in [3.63, 3.8) is 0 Å². The van der Waals surface area contributed by atoms with Gasteiger partial charge in [-0.05, 0) is 42.4 Å². The summed E-state index contributed by atoms with van der Waals surface area (Å²) in [7, 11) is 0. The van der Waals surface area contributed by atoms with E-state index >= 15 is 0 Å². The molecule has 0 amide bonds. The van der Waals surface area contributed by atoms with Crippen LogP contribution in [-0.2, 0) is 4.79 Å². The second-order valence-corrected chi connectivity index (χ2v) is 7.64. The molecule has 1 heteroatoms. The summed E-state index contributed by atoms with van der Waals surface area (Å²) in [4.78, 5) is 12.8. The number of fused-ring (bicyclic) bond motifs is 3. The predicted octanol–water partition coefficient (Wildman–Crippen LogP) is 4.21. The fraction of sp³-hybridized carbons (Fsp3) is 0.938. The number of Topliss-reactive ketones (excluding diaryl/α,β-unsaturated/α-hetero) is 1. The third kappa shape index (κ3) is 1.14. The molecule has 3 rings (SSSR count). The van der Waals surface area contributed by atoms with Crippen LogP contribution in [0, 0.1) is 28.1 Å². The van der Waals surface area contributed by atoms with Gasteiger partial charge < -0.3 is 0 Å². The molecule has 0 aromatic heterocycles. The zero-order valence-corrected chi connectivity index (χ0v) is 11.8. The average molecular weight is 234 g/mol. The zero-order valence-electron chi connectivity index (χ0n) is 11.8. The number of carbonyl (C=O) groups excluding carboxylic acids is 1. The van der Waals surface area contributed by atoms with Crippen LogP contribution in [0.4, 0.5) is 0 Å². The van der Waals surface area contributed by atoms with Crippen LogP contribution >= 0.6 is 0 Å². The van der Waals surface area contributed by atoms with Gasteiger partial charge in [-0.1, -0.05) is 40.5 Å². The molecule has 0 heterocycles. The molecule has 0 bridgehead atoms. The van der Waals surface area contributed by atoms with Crippen LogP contribution in [0.1, 0.15) is 66.2 Å². The quantitative estimate of drug-likeness (QED) is 0.699. The van der Waals surface area contributed by atoms with Crippen LogP contribution in [-0.4, -0.2) is 5.78 Å². The van der Waals surface area contributed by atoms with E-state index < -0.39 is 0 Å². The van der Waals surface area contributed by atoms with Crippen LogP contribution in [0.25, 0.3) is 0 Å². The van der Waals surface area contributed by atoms with E-state index in [0.29, 0.717) is 28.4 Å². The first-order chi connectivity index (χ1) is 7.90. The normalized spacial score (nSPS) is 50.9. The van der Waals surface area contributed by atoms with Crippen LogP contribution < -0.4 is 0 Å². The first kappa shape index (κ1) is 11.7. The fourth-order valence-electron chi connectivity index (χ4n) is 5.46. The van der Waals surface area contributed by atoms with Gasteiger partial charge in [0.25, 0.3) is 0 Å². The number of carbonyl (C=O) groups is 1. The lowest BCUT2D eigenvalue weighted by Gasteiger charge is -2.51. The smallest absolute Gasteiger partial charge is 0.142 e. The van der Waals surface area contributed by atoms with Crippen LogP contribution in [0.5, 0.6) is 0 Å². The number of hydrogen-bond acceptors (Lipinski definition) is 1. The van der Waals surface area contributed by atoms with Crippen molar-refractivity contribution in [3.8, 4) is 0 Å². The van der Waals surface area contributed by atoms with Gasteiger partial charge in [-0.2, -0.15) is 0 Å². The van der Waals surface area contributed by atoms with E-state index in [1.165, 1.54) is 32.1 Å². The van der Waals surface area contributed by atoms with Gasteiger partial charge in [0.05, 0.1) is 0 Å². The van der Waals surface area contributed by atoms with Gasteiger partial charge >= 0.3 is 0 Å².